The lowest BCUT2D eigenvalue weighted by Crippen LogP contribution is -2.35. The summed E-state index contributed by atoms with van der Waals surface area (Å²) in [6.07, 6.45) is 3.85. The van der Waals surface area contributed by atoms with Crippen LogP contribution in [0, 0.1) is 0 Å². The third-order valence-electron chi connectivity index (χ3n) is 2.99. The molecule has 0 aliphatic carbocycles. The number of nitrogens with one attached hydrogen (secondary N) is 1. The zero-order valence-electron chi connectivity index (χ0n) is 10.0. The van der Waals surface area contributed by atoms with Crippen molar-refractivity contribution in [2.24, 2.45) is 0 Å². The molecular formula is C12H18N2O2S. The molecule has 1 saturated heterocycles. The van der Waals surface area contributed by atoms with Gasteiger partial charge in [-0.1, -0.05) is 6.07 Å². The van der Waals surface area contributed by atoms with Gasteiger partial charge in [-0.05, 0) is 18.4 Å². The van der Waals surface area contributed by atoms with Crippen molar-refractivity contribution in [2.75, 3.05) is 18.6 Å². The number of rotatable bonds is 4. The minimum absolute atomic E-state index is 0.495. The second-order valence-electron chi connectivity index (χ2n) is 4.21. The van der Waals surface area contributed by atoms with Gasteiger partial charge in [-0.2, -0.15) is 0 Å². The molecule has 0 bridgehead atoms. The van der Waals surface area contributed by atoms with Crippen LogP contribution in [-0.4, -0.2) is 33.9 Å². The Morgan fingerprint density at radius 1 is 1.47 bits per heavy atom. The molecule has 0 spiro atoms. The Hall–Kier alpha value is -0.940. The van der Waals surface area contributed by atoms with Crippen LogP contribution >= 0.6 is 0 Å². The molecule has 1 aromatic rings. The zero-order chi connectivity index (χ0) is 12.1. The van der Waals surface area contributed by atoms with E-state index in [1.807, 2.05) is 18.3 Å². The first kappa shape index (κ1) is 12.5. The molecule has 5 heteroatoms. The highest BCUT2D eigenvalue weighted by molar-refractivity contribution is 7.85. The average Bonchev–Trinajstić information content (AvgIpc) is 2.39. The quantitative estimate of drug-likeness (QED) is 0.874. The minimum atomic E-state index is -0.582. The summed E-state index contributed by atoms with van der Waals surface area (Å²) in [6.45, 7) is 0.814. The van der Waals surface area contributed by atoms with Crippen molar-refractivity contribution in [3.05, 3.63) is 23.9 Å². The maximum absolute atomic E-state index is 11.2. The van der Waals surface area contributed by atoms with Gasteiger partial charge in [0.15, 0.2) is 0 Å². The lowest BCUT2D eigenvalue weighted by atomic mass is 10.1. The molecule has 2 heterocycles. The molecule has 1 aromatic heterocycles. The Bertz CT molecular complexity index is 371. The van der Waals surface area contributed by atoms with Crippen LogP contribution in [0.5, 0.6) is 5.88 Å². The molecule has 4 nitrogen and oxygen atoms in total. The normalized spacial score (nSPS) is 24.5. The van der Waals surface area contributed by atoms with Crippen LogP contribution < -0.4 is 10.1 Å². The minimum Gasteiger partial charge on any atom is -0.481 e. The van der Waals surface area contributed by atoms with Gasteiger partial charge in [-0.3, -0.25) is 4.21 Å². The van der Waals surface area contributed by atoms with Crippen molar-refractivity contribution in [1.82, 2.24) is 10.3 Å². The molecule has 1 aliphatic heterocycles. The van der Waals surface area contributed by atoms with Gasteiger partial charge < -0.3 is 10.1 Å². The van der Waals surface area contributed by atoms with Gasteiger partial charge >= 0.3 is 0 Å². The van der Waals surface area contributed by atoms with Crippen molar-refractivity contribution < 1.29 is 8.95 Å². The first-order chi connectivity index (χ1) is 8.28. The Labute approximate surface area is 104 Å². The number of pyridine rings is 1. The molecular weight excluding hydrogens is 236 g/mol. The van der Waals surface area contributed by atoms with Gasteiger partial charge in [0.25, 0.3) is 0 Å². The Morgan fingerprint density at radius 3 is 2.82 bits per heavy atom. The summed E-state index contributed by atoms with van der Waals surface area (Å²) in [5, 5.41) is 3.48. The van der Waals surface area contributed by atoms with E-state index in [-0.39, 0.29) is 0 Å². The van der Waals surface area contributed by atoms with Crippen molar-refractivity contribution in [3.8, 4) is 5.88 Å². The van der Waals surface area contributed by atoms with Crippen molar-refractivity contribution >= 4 is 10.8 Å². The second kappa shape index (κ2) is 6.12. The fourth-order valence-electron chi connectivity index (χ4n) is 1.90. The van der Waals surface area contributed by atoms with E-state index in [1.165, 1.54) is 0 Å². The lowest BCUT2D eigenvalue weighted by Gasteiger charge is -2.22. The fraction of sp³-hybridized carbons (Fsp3) is 0.583. The number of hydrogen-bond acceptors (Lipinski definition) is 4. The monoisotopic (exact) mass is 254 g/mol. The predicted molar refractivity (Wildman–Crippen MR) is 68.5 cm³/mol. The maximum atomic E-state index is 11.2. The SMILES string of the molecule is COc1ccc(CNC2CCS(=O)CC2)cn1. The molecule has 0 radical (unpaired) electrons. The smallest absolute Gasteiger partial charge is 0.212 e. The molecule has 17 heavy (non-hydrogen) atoms. The first-order valence-electron chi connectivity index (χ1n) is 5.85. The summed E-state index contributed by atoms with van der Waals surface area (Å²) in [5.41, 5.74) is 1.15. The number of methoxy groups -OCH3 is 1. The standard InChI is InChI=1S/C12H18N2O2S/c1-16-12-3-2-10(9-14-12)8-13-11-4-6-17(15)7-5-11/h2-3,9,11,13H,4-8H2,1H3. The van der Waals surface area contributed by atoms with E-state index >= 15 is 0 Å². The average molecular weight is 254 g/mol. The fourth-order valence-corrected chi connectivity index (χ4v) is 3.20. The van der Waals surface area contributed by atoms with Gasteiger partial charge in [0.05, 0.1) is 7.11 Å². The van der Waals surface area contributed by atoms with Crippen molar-refractivity contribution in [3.63, 3.8) is 0 Å². The van der Waals surface area contributed by atoms with Gasteiger partial charge in [0.2, 0.25) is 5.88 Å². The van der Waals surface area contributed by atoms with E-state index < -0.39 is 10.8 Å². The second-order valence-corrected chi connectivity index (χ2v) is 5.91. The first-order valence-corrected chi connectivity index (χ1v) is 7.34. The molecule has 0 amide bonds. The van der Waals surface area contributed by atoms with Crippen LogP contribution in [0.3, 0.4) is 0 Å². The largest absolute Gasteiger partial charge is 0.481 e. The summed E-state index contributed by atoms with van der Waals surface area (Å²) in [4.78, 5) is 4.16. The molecule has 0 aromatic carbocycles. The van der Waals surface area contributed by atoms with Crippen LogP contribution in [0.2, 0.25) is 0 Å². The van der Waals surface area contributed by atoms with Gasteiger partial charge in [0.1, 0.15) is 0 Å². The van der Waals surface area contributed by atoms with E-state index in [0.29, 0.717) is 11.9 Å². The topological polar surface area (TPSA) is 51.2 Å². The molecule has 0 unspecified atom stereocenters. The third kappa shape index (κ3) is 3.78. The maximum Gasteiger partial charge on any atom is 0.212 e. The number of ether oxygens (including phenoxy) is 1. The van der Waals surface area contributed by atoms with Gasteiger partial charge in [-0.15, -0.1) is 0 Å². The molecule has 1 N–H and O–H groups in total. The summed E-state index contributed by atoms with van der Waals surface area (Å²) < 4.78 is 16.2. The molecule has 94 valence electrons. The number of hydrogen-bond donors (Lipinski definition) is 1. The summed E-state index contributed by atoms with van der Waals surface area (Å²) in [6, 6.07) is 4.38. The van der Waals surface area contributed by atoms with Gasteiger partial charge in [0, 0.05) is 47.2 Å². The van der Waals surface area contributed by atoms with Crippen molar-refractivity contribution in [2.45, 2.75) is 25.4 Å². The van der Waals surface area contributed by atoms with Crippen LogP contribution in [-0.2, 0) is 17.3 Å². The lowest BCUT2D eigenvalue weighted by molar-refractivity contribution is 0.397. The Kier molecular flexibility index (Phi) is 4.50. The van der Waals surface area contributed by atoms with E-state index in [4.69, 9.17) is 4.74 Å². The van der Waals surface area contributed by atoms with E-state index in [1.54, 1.807) is 7.11 Å². The molecule has 2 rings (SSSR count). The summed E-state index contributed by atoms with van der Waals surface area (Å²) >= 11 is 0. The zero-order valence-corrected chi connectivity index (χ0v) is 10.8. The number of nitrogens with zero attached hydrogens (tertiary/aromatic N) is 1. The highest BCUT2D eigenvalue weighted by Crippen LogP contribution is 2.11. The summed E-state index contributed by atoms with van der Waals surface area (Å²) in [5.74, 6) is 2.30. The van der Waals surface area contributed by atoms with Gasteiger partial charge in [-0.25, -0.2) is 4.98 Å². The van der Waals surface area contributed by atoms with Crippen LogP contribution in [0.4, 0.5) is 0 Å². The Balaban J connectivity index is 1.79. The molecule has 0 atom stereocenters. The van der Waals surface area contributed by atoms with E-state index in [9.17, 15) is 4.21 Å². The third-order valence-corrected chi connectivity index (χ3v) is 4.37. The van der Waals surface area contributed by atoms with E-state index in [2.05, 4.69) is 10.3 Å². The molecule has 1 fully saturated rings. The highest BCUT2D eigenvalue weighted by atomic mass is 32.2. The van der Waals surface area contributed by atoms with Crippen molar-refractivity contribution in [1.29, 1.82) is 0 Å². The highest BCUT2D eigenvalue weighted by Gasteiger charge is 2.16. The van der Waals surface area contributed by atoms with Crippen LogP contribution in [0.1, 0.15) is 18.4 Å². The summed E-state index contributed by atoms with van der Waals surface area (Å²) in [7, 11) is 1.03. The van der Waals surface area contributed by atoms with E-state index in [0.717, 1.165) is 36.5 Å². The number of aromatic nitrogens is 1. The molecule has 0 saturated carbocycles. The molecule has 1 aliphatic rings. The van der Waals surface area contributed by atoms with Crippen LogP contribution in [0.25, 0.3) is 0 Å². The Morgan fingerprint density at radius 2 is 2.24 bits per heavy atom. The van der Waals surface area contributed by atoms with Crippen LogP contribution in [0.15, 0.2) is 18.3 Å². The predicted octanol–water partition coefficient (Wildman–Crippen LogP) is 1.09.